The van der Waals surface area contributed by atoms with Crippen LogP contribution in [0.3, 0.4) is 0 Å². The van der Waals surface area contributed by atoms with Gasteiger partial charge in [0.15, 0.2) is 0 Å². The molecule has 0 aliphatic heterocycles. The number of nitrogens with zero attached hydrogens (tertiary/aromatic N) is 3. The molecule has 0 radical (unpaired) electrons. The Kier molecular flexibility index (Phi) is 1.87. The summed E-state index contributed by atoms with van der Waals surface area (Å²) in [6, 6.07) is 0. The summed E-state index contributed by atoms with van der Waals surface area (Å²) in [6.45, 7) is 1.92. The van der Waals surface area contributed by atoms with E-state index in [1.807, 2.05) is 18.7 Å². The van der Waals surface area contributed by atoms with Crippen molar-refractivity contribution in [2.24, 2.45) is 12.8 Å². The lowest BCUT2D eigenvalue weighted by Crippen LogP contribution is -2.22. The molecule has 0 bridgehead atoms. The van der Waals surface area contributed by atoms with Gasteiger partial charge < -0.3 is 5.73 Å². The second-order valence-electron chi connectivity index (χ2n) is 4.06. The lowest BCUT2D eigenvalue weighted by atomic mass is 10.1. The molecule has 4 heteroatoms. The number of aryl methyl sites for hydroxylation is 3. The molecule has 0 spiro atoms. The number of nitrogens with two attached hydrogens (primary N) is 1. The summed E-state index contributed by atoms with van der Waals surface area (Å²) in [7, 11) is 1.94. The van der Waals surface area contributed by atoms with Crippen LogP contribution in [0.1, 0.15) is 30.9 Å². The van der Waals surface area contributed by atoms with Crippen LogP contribution in [0, 0.1) is 6.92 Å². The first-order valence-corrected chi connectivity index (χ1v) is 4.74. The molecule has 1 aromatic heterocycles. The van der Waals surface area contributed by atoms with Crippen LogP contribution in [-0.2, 0) is 13.5 Å². The second-order valence-corrected chi connectivity index (χ2v) is 4.06. The fourth-order valence-corrected chi connectivity index (χ4v) is 1.55. The highest BCUT2D eigenvalue weighted by atomic mass is 15.3. The summed E-state index contributed by atoms with van der Waals surface area (Å²) >= 11 is 0. The third-order valence-corrected chi connectivity index (χ3v) is 2.70. The van der Waals surface area contributed by atoms with Gasteiger partial charge in [-0.2, -0.15) is 5.10 Å². The highest BCUT2D eigenvalue weighted by molar-refractivity contribution is 5.02. The maximum absolute atomic E-state index is 5.99. The maximum Gasteiger partial charge on any atom is 0.147 e. The van der Waals surface area contributed by atoms with Gasteiger partial charge in [0.1, 0.15) is 11.6 Å². The Morgan fingerprint density at radius 3 is 2.69 bits per heavy atom. The van der Waals surface area contributed by atoms with Gasteiger partial charge in [0.25, 0.3) is 0 Å². The lowest BCUT2D eigenvalue weighted by molar-refractivity contribution is 0.576. The molecule has 0 atom stereocenters. The molecule has 1 fully saturated rings. The number of hydrogen-bond acceptors (Lipinski definition) is 3. The minimum atomic E-state index is 0.125. The zero-order valence-electron chi connectivity index (χ0n) is 8.25. The van der Waals surface area contributed by atoms with Gasteiger partial charge in [-0.15, -0.1) is 0 Å². The van der Waals surface area contributed by atoms with Crippen molar-refractivity contribution < 1.29 is 0 Å². The van der Waals surface area contributed by atoms with Crippen LogP contribution in [0.5, 0.6) is 0 Å². The van der Waals surface area contributed by atoms with Crippen LogP contribution in [0.15, 0.2) is 0 Å². The Morgan fingerprint density at radius 1 is 1.54 bits per heavy atom. The van der Waals surface area contributed by atoms with Gasteiger partial charge in [-0.05, 0) is 26.2 Å². The smallest absolute Gasteiger partial charge is 0.147 e. The molecule has 1 aromatic rings. The van der Waals surface area contributed by atoms with E-state index < -0.39 is 0 Å². The van der Waals surface area contributed by atoms with E-state index in [4.69, 9.17) is 5.73 Å². The van der Waals surface area contributed by atoms with E-state index in [1.165, 1.54) is 12.8 Å². The normalized spacial score (nSPS) is 19.0. The summed E-state index contributed by atoms with van der Waals surface area (Å²) < 4.78 is 1.85. The molecule has 72 valence electrons. The molecular formula is C9H16N4. The first kappa shape index (κ1) is 8.69. The Balaban J connectivity index is 1.97. The van der Waals surface area contributed by atoms with Crippen molar-refractivity contribution in [3.8, 4) is 0 Å². The van der Waals surface area contributed by atoms with Crippen LogP contribution in [-0.4, -0.2) is 20.3 Å². The van der Waals surface area contributed by atoms with Crippen molar-refractivity contribution in [1.29, 1.82) is 0 Å². The van der Waals surface area contributed by atoms with Gasteiger partial charge in [0, 0.05) is 19.0 Å². The molecular weight excluding hydrogens is 164 g/mol. The Morgan fingerprint density at radius 2 is 2.23 bits per heavy atom. The fraction of sp³-hybridized carbons (Fsp3) is 0.778. The van der Waals surface area contributed by atoms with Crippen LogP contribution in [0.2, 0.25) is 0 Å². The quantitative estimate of drug-likeness (QED) is 0.739. The first-order chi connectivity index (χ1) is 6.09. The fourth-order valence-electron chi connectivity index (χ4n) is 1.55. The Bertz CT molecular complexity index is 311. The molecule has 0 aromatic carbocycles. The lowest BCUT2D eigenvalue weighted by Gasteiger charge is -2.06. The molecule has 0 unspecified atom stereocenters. The van der Waals surface area contributed by atoms with E-state index in [0.29, 0.717) is 0 Å². The molecule has 1 aliphatic rings. The SMILES string of the molecule is Cc1nc(CCC2(N)CC2)n(C)n1. The largest absolute Gasteiger partial charge is 0.325 e. The van der Waals surface area contributed by atoms with Gasteiger partial charge >= 0.3 is 0 Å². The summed E-state index contributed by atoms with van der Waals surface area (Å²) in [5, 5.41) is 4.20. The van der Waals surface area contributed by atoms with Crippen molar-refractivity contribution in [2.45, 2.75) is 38.1 Å². The maximum atomic E-state index is 5.99. The zero-order valence-corrected chi connectivity index (χ0v) is 8.25. The third kappa shape index (κ3) is 1.88. The van der Waals surface area contributed by atoms with Gasteiger partial charge in [-0.1, -0.05) is 0 Å². The minimum Gasteiger partial charge on any atom is -0.325 e. The average molecular weight is 180 g/mol. The van der Waals surface area contributed by atoms with Gasteiger partial charge in [0.05, 0.1) is 0 Å². The predicted octanol–water partition coefficient (Wildman–Crippen LogP) is 0.547. The Labute approximate surface area is 78.1 Å². The number of rotatable bonds is 3. The predicted molar refractivity (Wildman–Crippen MR) is 50.2 cm³/mol. The first-order valence-electron chi connectivity index (χ1n) is 4.74. The molecule has 1 saturated carbocycles. The van der Waals surface area contributed by atoms with Crippen molar-refractivity contribution in [1.82, 2.24) is 14.8 Å². The van der Waals surface area contributed by atoms with Crippen molar-refractivity contribution in [2.75, 3.05) is 0 Å². The van der Waals surface area contributed by atoms with Gasteiger partial charge in [-0.25, -0.2) is 4.98 Å². The van der Waals surface area contributed by atoms with E-state index >= 15 is 0 Å². The van der Waals surface area contributed by atoms with Crippen molar-refractivity contribution >= 4 is 0 Å². The standard InChI is InChI=1S/C9H16N4/c1-7-11-8(13(2)12-7)3-4-9(10)5-6-9/h3-6,10H2,1-2H3. The van der Waals surface area contributed by atoms with E-state index in [-0.39, 0.29) is 5.54 Å². The number of aromatic nitrogens is 3. The third-order valence-electron chi connectivity index (χ3n) is 2.70. The highest BCUT2D eigenvalue weighted by Gasteiger charge is 2.37. The summed E-state index contributed by atoms with van der Waals surface area (Å²) in [4.78, 5) is 4.34. The number of hydrogen-bond donors (Lipinski definition) is 1. The highest BCUT2D eigenvalue weighted by Crippen LogP contribution is 2.36. The molecule has 0 amide bonds. The van der Waals surface area contributed by atoms with Gasteiger partial charge in [-0.3, -0.25) is 4.68 Å². The van der Waals surface area contributed by atoms with Crippen LogP contribution in [0.4, 0.5) is 0 Å². The van der Waals surface area contributed by atoms with Crippen LogP contribution < -0.4 is 5.73 Å². The van der Waals surface area contributed by atoms with E-state index in [2.05, 4.69) is 10.1 Å². The molecule has 2 N–H and O–H groups in total. The molecule has 2 rings (SSSR count). The van der Waals surface area contributed by atoms with Crippen LogP contribution in [0.25, 0.3) is 0 Å². The summed E-state index contributed by atoms with van der Waals surface area (Å²) in [6.07, 6.45) is 4.33. The minimum absolute atomic E-state index is 0.125. The van der Waals surface area contributed by atoms with E-state index in [9.17, 15) is 0 Å². The van der Waals surface area contributed by atoms with Crippen LogP contribution >= 0.6 is 0 Å². The molecule has 4 nitrogen and oxygen atoms in total. The molecule has 0 saturated heterocycles. The Hall–Kier alpha value is -0.900. The summed E-state index contributed by atoms with van der Waals surface area (Å²) in [5.74, 6) is 1.90. The second kappa shape index (κ2) is 2.80. The zero-order chi connectivity index (χ0) is 9.47. The summed E-state index contributed by atoms with van der Waals surface area (Å²) in [5.41, 5.74) is 6.12. The molecule has 1 heterocycles. The molecule has 1 aliphatic carbocycles. The van der Waals surface area contributed by atoms with Crippen molar-refractivity contribution in [3.05, 3.63) is 11.6 Å². The topological polar surface area (TPSA) is 56.7 Å². The van der Waals surface area contributed by atoms with E-state index in [0.717, 1.165) is 24.5 Å². The van der Waals surface area contributed by atoms with Gasteiger partial charge in [0.2, 0.25) is 0 Å². The van der Waals surface area contributed by atoms with Crippen molar-refractivity contribution in [3.63, 3.8) is 0 Å². The average Bonchev–Trinajstić information content (AvgIpc) is 2.69. The monoisotopic (exact) mass is 180 g/mol. The molecule has 13 heavy (non-hydrogen) atoms. The van der Waals surface area contributed by atoms with E-state index in [1.54, 1.807) is 0 Å².